The summed E-state index contributed by atoms with van der Waals surface area (Å²) in [6.07, 6.45) is 1.23. The Bertz CT molecular complexity index is 667. The molecule has 0 heterocycles. The van der Waals surface area contributed by atoms with Gasteiger partial charge in [-0.3, -0.25) is 4.79 Å². The molecule has 2 rings (SSSR count). The molecule has 0 spiro atoms. The van der Waals surface area contributed by atoms with E-state index in [0.717, 1.165) is 23.3 Å². The zero-order chi connectivity index (χ0) is 16.1. The molecule has 3 nitrogen and oxygen atoms in total. The number of halogens is 1. The minimum Gasteiger partial charge on any atom is -0.496 e. The number of hydrogen-bond donors (Lipinski definition) is 1. The summed E-state index contributed by atoms with van der Waals surface area (Å²) in [7, 11) is 1.64. The van der Waals surface area contributed by atoms with Crippen LogP contribution in [0.1, 0.15) is 29.5 Å². The Morgan fingerprint density at radius 3 is 2.59 bits per heavy atom. The molecule has 1 N–H and O–H groups in total. The molecule has 0 aliphatic rings. The predicted molar refractivity (Wildman–Crippen MR) is 87.9 cm³/mol. The van der Waals surface area contributed by atoms with Gasteiger partial charge >= 0.3 is 5.97 Å². The van der Waals surface area contributed by atoms with Crippen molar-refractivity contribution in [2.45, 2.75) is 25.7 Å². The maximum Gasteiger partial charge on any atom is 0.311 e. The molecule has 116 valence electrons. The number of rotatable bonds is 6. The first-order valence-corrected chi connectivity index (χ1v) is 7.57. The summed E-state index contributed by atoms with van der Waals surface area (Å²) in [5, 5.41) is 10.0. The summed E-state index contributed by atoms with van der Waals surface area (Å²) >= 11 is 6.15. The van der Waals surface area contributed by atoms with E-state index in [2.05, 4.69) is 0 Å². The average Bonchev–Trinajstić information content (AvgIpc) is 2.53. The number of hydrogen-bond acceptors (Lipinski definition) is 2. The van der Waals surface area contributed by atoms with Crippen molar-refractivity contribution in [3.63, 3.8) is 0 Å². The first-order valence-electron chi connectivity index (χ1n) is 7.19. The Labute approximate surface area is 135 Å². The fourth-order valence-electron chi connectivity index (χ4n) is 2.56. The van der Waals surface area contributed by atoms with Crippen molar-refractivity contribution >= 4 is 17.6 Å². The first-order chi connectivity index (χ1) is 10.6. The van der Waals surface area contributed by atoms with E-state index in [9.17, 15) is 9.90 Å². The molecule has 2 aromatic carbocycles. The van der Waals surface area contributed by atoms with Gasteiger partial charge in [0.25, 0.3) is 0 Å². The third-order valence-corrected chi connectivity index (χ3v) is 4.09. The number of benzene rings is 2. The van der Waals surface area contributed by atoms with Gasteiger partial charge in [0.2, 0.25) is 0 Å². The van der Waals surface area contributed by atoms with Gasteiger partial charge in [-0.1, -0.05) is 48.9 Å². The average molecular weight is 319 g/mol. The van der Waals surface area contributed by atoms with Gasteiger partial charge in [0, 0.05) is 5.02 Å². The Kier molecular flexibility index (Phi) is 5.45. The standard InChI is InChI=1S/C18H19ClO3/c1-3-13-10-12(8-9-17(13)22-2)11-15(18(20)21)14-6-4-5-7-16(14)19/h4-10,15H,3,11H2,1-2H3,(H,20,21). The molecule has 1 atom stereocenters. The van der Waals surface area contributed by atoms with Gasteiger partial charge in [0.1, 0.15) is 5.75 Å². The summed E-state index contributed by atoms with van der Waals surface area (Å²) < 4.78 is 5.31. The summed E-state index contributed by atoms with van der Waals surface area (Å²) in [6, 6.07) is 12.9. The lowest BCUT2D eigenvalue weighted by Gasteiger charge is -2.16. The van der Waals surface area contributed by atoms with E-state index in [0.29, 0.717) is 17.0 Å². The SMILES string of the molecule is CCc1cc(CC(C(=O)O)c2ccccc2Cl)ccc1OC. The van der Waals surface area contributed by atoms with Crippen molar-refractivity contribution in [2.24, 2.45) is 0 Å². The fraction of sp³-hybridized carbons (Fsp3) is 0.278. The lowest BCUT2D eigenvalue weighted by atomic mass is 9.91. The zero-order valence-electron chi connectivity index (χ0n) is 12.7. The van der Waals surface area contributed by atoms with Crippen LogP contribution in [-0.4, -0.2) is 18.2 Å². The van der Waals surface area contributed by atoms with Crippen LogP contribution in [0.25, 0.3) is 0 Å². The predicted octanol–water partition coefficient (Wildman–Crippen LogP) is 4.32. The van der Waals surface area contributed by atoms with Crippen LogP contribution in [0.2, 0.25) is 5.02 Å². The molecule has 2 aromatic rings. The number of methoxy groups -OCH3 is 1. The molecule has 0 bridgehead atoms. The van der Waals surface area contributed by atoms with Gasteiger partial charge in [-0.25, -0.2) is 0 Å². The second-order valence-electron chi connectivity index (χ2n) is 5.12. The molecule has 0 aromatic heterocycles. The maximum atomic E-state index is 11.7. The van der Waals surface area contributed by atoms with E-state index in [4.69, 9.17) is 16.3 Å². The summed E-state index contributed by atoms with van der Waals surface area (Å²) in [6.45, 7) is 2.05. The number of aliphatic carboxylic acids is 1. The molecule has 0 saturated carbocycles. The quantitative estimate of drug-likeness (QED) is 0.862. The van der Waals surface area contributed by atoms with Gasteiger partial charge < -0.3 is 9.84 Å². The van der Waals surface area contributed by atoms with E-state index in [1.165, 1.54) is 0 Å². The monoisotopic (exact) mass is 318 g/mol. The molecule has 0 fully saturated rings. The molecule has 0 aliphatic carbocycles. The van der Waals surface area contributed by atoms with E-state index in [1.807, 2.05) is 31.2 Å². The lowest BCUT2D eigenvalue weighted by Crippen LogP contribution is -2.15. The molecule has 1 unspecified atom stereocenters. The molecule has 0 saturated heterocycles. The maximum absolute atomic E-state index is 11.7. The zero-order valence-corrected chi connectivity index (χ0v) is 13.4. The Hall–Kier alpha value is -2.00. The molecule has 4 heteroatoms. The van der Waals surface area contributed by atoms with Gasteiger partial charge in [-0.15, -0.1) is 0 Å². The molecular formula is C18H19ClO3. The van der Waals surface area contributed by atoms with E-state index >= 15 is 0 Å². The van der Waals surface area contributed by atoms with Crippen LogP contribution in [0.15, 0.2) is 42.5 Å². The number of aryl methyl sites for hydroxylation is 1. The number of carbonyl (C=O) groups is 1. The first kappa shape index (κ1) is 16.4. The normalized spacial score (nSPS) is 12.0. The van der Waals surface area contributed by atoms with Crippen LogP contribution in [-0.2, 0) is 17.6 Å². The van der Waals surface area contributed by atoms with Crippen LogP contribution < -0.4 is 4.74 Å². The van der Waals surface area contributed by atoms with Crippen LogP contribution >= 0.6 is 11.6 Å². The fourth-order valence-corrected chi connectivity index (χ4v) is 2.83. The third kappa shape index (κ3) is 3.60. The van der Waals surface area contributed by atoms with E-state index < -0.39 is 11.9 Å². The molecule has 0 radical (unpaired) electrons. The smallest absolute Gasteiger partial charge is 0.311 e. The third-order valence-electron chi connectivity index (χ3n) is 3.74. The van der Waals surface area contributed by atoms with Crippen molar-refractivity contribution in [2.75, 3.05) is 7.11 Å². The van der Waals surface area contributed by atoms with Gasteiger partial charge in [-0.2, -0.15) is 0 Å². The van der Waals surface area contributed by atoms with Gasteiger partial charge in [0.15, 0.2) is 0 Å². The molecular weight excluding hydrogens is 300 g/mol. The summed E-state index contributed by atoms with van der Waals surface area (Å²) in [4.78, 5) is 11.7. The van der Waals surface area contributed by atoms with Gasteiger partial charge in [-0.05, 0) is 41.7 Å². The van der Waals surface area contributed by atoms with Crippen LogP contribution in [0.5, 0.6) is 5.75 Å². The van der Waals surface area contributed by atoms with Crippen molar-refractivity contribution < 1.29 is 14.6 Å². The van der Waals surface area contributed by atoms with Crippen molar-refractivity contribution in [3.8, 4) is 5.75 Å². The topological polar surface area (TPSA) is 46.5 Å². The minimum absolute atomic E-state index is 0.399. The van der Waals surface area contributed by atoms with Crippen LogP contribution in [0.4, 0.5) is 0 Å². The molecule has 0 amide bonds. The lowest BCUT2D eigenvalue weighted by molar-refractivity contribution is -0.138. The highest BCUT2D eigenvalue weighted by atomic mass is 35.5. The van der Waals surface area contributed by atoms with E-state index in [-0.39, 0.29) is 0 Å². The van der Waals surface area contributed by atoms with Crippen LogP contribution in [0.3, 0.4) is 0 Å². The minimum atomic E-state index is -0.873. The highest BCUT2D eigenvalue weighted by Gasteiger charge is 2.22. The molecule has 0 aliphatic heterocycles. The summed E-state index contributed by atoms with van der Waals surface area (Å²) in [5.74, 6) is -0.704. The van der Waals surface area contributed by atoms with Crippen LogP contribution in [0, 0.1) is 0 Å². The van der Waals surface area contributed by atoms with Crippen molar-refractivity contribution in [1.82, 2.24) is 0 Å². The number of ether oxygens (including phenoxy) is 1. The molecule has 22 heavy (non-hydrogen) atoms. The Balaban J connectivity index is 2.33. The number of carboxylic acids is 1. The highest BCUT2D eigenvalue weighted by molar-refractivity contribution is 6.31. The second kappa shape index (κ2) is 7.32. The Morgan fingerprint density at radius 2 is 2.00 bits per heavy atom. The number of carboxylic acid groups (broad SMARTS) is 1. The second-order valence-corrected chi connectivity index (χ2v) is 5.52. The summed E-state index contributed by atoms with van der Waals surface area (Å²) in [5.41, 5.74) is 2.68. The van der Waals surface area contributed by atoms with Gasteiger partial charge in [0.05, 0.1) is 13.0 Å². The largest absolute Gasteiger partial charge is 0.496 e. The van der Waals surface area contributed by atoms with Crippen molar-refractivity contribution in [3.05, 3.63) is 64.2 Å². The van der Waals surface area contributed by atoms with E-state index in [1.54, 1.807) is 25.3 Å². The van der Waals surface area contributed by atoms with Crippen molar-refractivity contribution in [1.29, 1.82) is 0 Å². The Morgan fingerprint density at radius 1 is 1.27 bits per heavy atom. The highest BCUT2D eigenvalue weighted by Crippen LogP contribution is 2.29.